The lowest BCUT2D eigenvalue weighted by molar-refractivity contribution is 0.0761. The molecule has 114 valence electrons. The summed E-state index contributed by atoms with van der Waals surface area (Å²) < 4.78 is 0. The van der Waals surface area contributed by atoms with Crippen LogP contribution in [0.3, 0.4) is 0 Å². The van der Waals surface area contributed by atoms with Gasteiger partial charge in [-0.05, 0) is 25.0 Å². The van der Waals surface area contributed by atoms with Crippen LogP contribution in [0.4, 0.5) is 11.6 Å². The molecular formula is C17H20N4O. The predicted octanol–water partition coefficient (Wildman–Crippen LogP) is 3.24. The number of likely N-dealkylation sites (tertiary alicyclic amines) is 1. The van der Waals surface area contributed by atoms with E-state index in [1.807, 2.05) is 35.2 Å². The fraction of sp³-hybridized carbons (Fsp3) is 0.353. The second-order valence-electron chi connectivity index (χ2n) is 5.49. The lowest BCUT2D eigenvalue weighted by Crippen LogP contribution is -2.32. The third-order valence-corrected chi connectivity index (χ3v) is 3.82. The number of rotatable bonds is 3. The van der Waals surface area contributed by atoms with Gasteiger partial charge in [0, 0.05) is 31.2 Å². The van der Waals surface area contributed by atoms with E-state index in [0.29, 0.717) is 11.5 Å². The summed E-state index contributed by atoms with van der Waals surface area (Å²) in [5.74, 6) is 0.534. The Morgan fingerprint density at radius 1 is 0.955 bits per heavy atom. The minimum atomic E-state index is 0.0353. The monoisotopic (exact) mass is 296 g/mol. The number of aromatic nitrogens is 2. The summed E-state index contributed by atoms with van der Waals surface area (Å²) in [5.41, 5.74) is 1.48. The average molecular weight is 296 g/mol. The van der Waals surface area contributed by atoms with Crippen LogP contribution in [0.15, 0.2) is 42.7 Å². The van der Waals surface area contributed by atoms with Gasteiger partial charge in [-0.2, -0.15) is 0 Å². The molecule has 5 heteroatoms. The van der Waals surface area contributed by atoms with Gasteiger partial charge in [0.15, 0.2) is 0 Å². The van der Waals surface area contributed by atoms with Crippen LogP contribution in [0, 0.1) is 0 Å². The largest absolute Gasteiger partial charge is 0.339 e. The number of nitrogens with zero attached hydrogens (tertiary/aromatic N) is 3. The molecule has 3 rings (SSSR count). The van der Waals surface area contributed by atoms with E-state index >= 15 is 0 Å². The summed E-state index contributed by atoms with van der Waals surface area (Å²) in [7, 11) is 0. The van der Waals surface area contributed by atoms with Gasteiger partial charge < -0.3 is 10.2 Å². The van der Waals surface area contributed by atoms with Gasteiger partial charge in [-0.1, -0.05) is 31.0 Å². The molecule has 1 aliphatic heterocycles. The molecule has 1 aliphatic rings. The molecular weight excluding hydrogens is 276 g/mol. The number of hydrogen-bond acceptors (Lipinski definition) is 4. The van der Waals surface area contributed by atoms with Gasteiger partial charge in [0.25, 0.3) is 5.91 Å². The van der Waals surface area contributed by atoms with Crippen LogP contribution in [0.25, 0.3) is 0 Å². The molecule has 0 unspecified atom stereocenters. The van der Waals surface area contributed by atoms with Crippen molar-refractivity contribution < 1.29 is 4.79 Å². The number of para-hydroxylation sites is 1. The Kier molecular flexibility index (Phi) is 4.63. The van der Waals surface area contributed by atoms with Crippen molar-refractivity contribution in [1.29, 1.82) is 0 Å². The maximum atomic E-state index is 12.4. The minimum Gasteiger partial charge on any atom is -0.339 e. The Bertz CT molecular complexity index is 604. The van der Waals surface area contributed by atoms with Crippen LogP contribution in [0.1, 0.15) is 36.0 Å². The third-order valence-electron chi connectivity index (χ3n) is 3.82. The standard InChI is InChI=1S/C17H20N4O/c22-16(21-10-6-1-2-7-11-21)14-12-18-17(19-13-14)20-15-8-4-3-5-9-15/h3-5,8-9,12-13H,1-2,6-7,10-11H2,(H,18,19,20). The van der Waals surface area contributed by atoms with E-state index in [1.165, 1.54) is 12.8 Å². The minimum absolute atomic E-state index is 0.0353. The number of carbonyl (C=O) groups is 1. The van der Waals surface area contributed by atoms with Gasteiger partial charge in [-0.25, -0.2) is 9.97 Å². The van der Waals surface area contributed by atoms with Crippen LogP contribution in [-0.4, -0.2) is 33.9 Å². The second-order valence-corrected chi connectivity index (χ2v) is 5.49. The zero-order valence-corrected chi connectivity index (χ0v) is 12.5. The van der Waals surface area contributed by atoms with Crippen molar-refractivity contribution in [2.24, 2.45) is 0 Å². The maximum absolute atomic E-state index is 12.4. The molecule has 1 fully saturated rings. The summed E-state index contributed by atoms with van der Waals surface area (Å²) in [6.45, 7) is 1.67. The van der Waals surface area contributed by atoms with Crippen molar-refractivity contribution in [3.63, 3.8) is 0 Å². The lowest BCUT2D eigenvalue weighted by atomic mass is 10.2. The van der Waals surface area contributed by atoms with Crippen LogP contribution in [-0.2, 0) is 0 Å². The molecule has 1 aromatic carbocycles. The van der Waals surface area contributed by atoms with Gasteiger partial charge in [-0.15, -0.1) is 0 Å². The molecule has 0 saturated carbocycles. The zero-order valence-electron chi connectivity index (χ0n) is 12.5. The Hall–Kier alpha value is -2.43. The highest BCUT2D eigenvalue weighted by Gasteiger charge is 2.17. The Balaban J connectivity index is 1.66. The SMILES string of the molecule is O=C(c1cnc(Nc2ccccc2)nc1)N1CCCCCC1. The topological polar surface area (TPSA) is 58.1 Å². The normalized spacial score (nSPS) is 15.2. The highest BCUT2D eigenvalue weighted by molar-refractivity contribution is 5.93. The number of hydrogen-bond donors (Lipinski definition) is 1. The average Bonchev–Trinajstić information content (AvgIpc) is 2.85. The molecule has 1 N–H and O–H groups in total. The molecule has 5 nitrogen and oxygen atoms in total. The number of nitrogens with one attached hydrogen (secondary N) is 1. The lowest BCUT2D eigenvalue weighted by Gasteiger charge is -2.19. The molecule has 1 aromatic heterocycles. The molecule has 2 heterocycles. The Morgan fingerprint density at radius 2 is 1.59 bits per heavy atom. The quantitative estimate of drug-likeness (QED) is 0.944. The van der Waals surface area contributed by atoms with E-state index < -0.39 is 0 Å². The first-order valence-corrected chi connectivity index (χ1v) is 7.76. The van der Waals surface area contributed by atoms with Crippen molar-refractivity contribution in [3.05, 3.63) is 48.3 Å². The van der Waals surface area contributed by atoms with Gasteiger partial charge in [0.1, 0.15) is 0 Å². The van der Waals surface area contributed by atoms with Gasteiger partial charge in [0.2, 0.25) is 5.95 Å². The second kappa shape index (κ2) is 7.02. The van der Waals surface area contributed by atoms with Crippen LogP contribution < -0.4 is 5.32 Å². The van der Waals surface area contributed by atoms with Gasteiger partial charge in [0.05, 0.1) is 5.56 Å². The summed E-state index contributed by atoms with van der Waals surface area (Å²) >= 11 is 0. The third kappa shape index (κ3) is 3.61. The molecule has 0 bridgehead atoms. The molecule has 0 atom stereocenters. The number of carbonyl (C=O) groups excluding carboxylic acids is 1. The first-order chi connectivity index (χ1) is 10.8. The van der Waals surface area contributed by atoms with Crippen LogP contribution in [0.5, 0.6) is 0 Å². The van der Waals surface area contributed by atoms with Crippen molar-refractivity contribution in [1.82, 2.24) is 14.9 Å². The summed E-state index contributed by atoms with van der Waals surface area (Å²) in [4.78, 5) is 22.8. The highest BCUT2D eigenvalue weighted by Crippen LogP contribution is 2.14. The van der Waals surface area contributed by atoms with Crippen molar-refractivity contribution in [2.75, 3.05) is 18.4 Å². The van der Waals surface area contributed by atoms with Gasteiger partial charge in [-0.3, -0.25) is 4.79 Å². The highest BCUT2D eigenvalue weighted by atomic mass is 16.2. The summed E-state index contributed by atoms with van der Waals surface area (Å²) in [5, 5.41) is 3.11. The van der Waals surface area contributed by atoms with Gasteiger partial charge >= 0.3 is 0 Å². The molecule has 1 saturated heterocycles. The predicted molar refractivity (Wildman–Crippen MR) is 86.1 cm³/mol. The smallest absolute Gasteiger partial charge is 0.256 e. The van der Waals surface area contributed by atoms with E-state index in [4.69, 9.17) is 0 Å². The van der Waals surface area contributed by atoms with E-state index in [9.17, 15) is 4.79 Å². The molecule has 1 amide bonds. The summed E-state index contributed by atoms with van der Waals surface area (Å²) in [6, 6.07) is 9.73. The van der Waals surface area contributed by atoms with Crippen LogP contribution >= 0.6 is 0 Å². The first kappa shape index (κ1) is 14.5. The van der Waals surface area contributed by atoms with E-state index in [2.05, 4.69) is 15.3 Å². The molecule has 0 aliphatic carbocycles. The number of benzene rings is 1. The molecule has 2 aromatic rings. The van der Waals surface area contributed by atoms with Crippen molar-refractivity contribution in [3.8, 4) is 0 Å². The number of anilines is 2. The Labute approximate surface area is 130 Å². The maximum Gasteiger partial charge on any atom is 0.256 e. The number of amides is 1. The van der Waals surface area contributed by atoms with E-state index in [1.54, 1.807) is 12.4 Å². The first-order valence-electron chi connectivity index (χ1n) is 7.76. The van der Waals surface area contributed by atoms with E-state index in [-0.39, 0.29) is 5.91 Å². The molecule has 0 radical (unpaired) electrons. The summed E-state index contributed by atoms with van der Waals surface area (Å²) in [6.07, 6.45) is 7.79. The van der Waals surface area contributed by atoms with Crippen LogP contribution in [0.2, 0.25) is 0 Å². The van der Waals surface area contributed by atoms with Crippen molar-refractivity contribution in [2.45, 2.75) is 25.7 Å². The molecule has 22 heavy (non-hydrogen) atoms. The Morgan fingerprint density at radius 3 is 2.23 bits per heavy atom. The fourth-order valence-electron chi connectivity index (χ4n) is 2.61. The zero-order chi connectivity index (χ0) is 15.2. The molecule has 0 spiro atoms. The van der Waals surface area contributed by atoms with E-state index in [0.717, 1.165) is 31.6 Å². The fourth-order valence-corrected chi connectivity index (χ4v) is 2.61. The van der Waals surface area contributed by atoms with Crippen molar-refractivity contribution >= 4 is 17.5 Å².